The van der Waals surface area contributed by atoms with Gasteiger partial charge in [0.25, 0.3) is 5.89 Å². The van der Waals surface area contributed by atoms with E-state index in [1.54, 1.807) is 6.92 Å². The van der Waals surface area contributed by atoms with E-state index in [-0.39, 0.29) is 16.3 Å². The monoisotopic (exact) mass is 455 g/mol. The zero-order valence-electron chi connectivity index (χ0n) is 18.0. The topological polar surface area (TPSA) is 103 Å². The molecular formula is C23H25N3O5S. The van der Waals surface area contributed by atoms with Gasteiger partial charge in [0.1, 0.15) is 0 Å². The molecule has 0 amide bonds. The molecular weight excluding hydrogens is 430 g/mol. The highest BCUT2D eigenvalue weighted by molar-refractivity contribution is 7.89. The van der Waals surface area contributed by atoms with Crippen LogP contribution >= 0.6 is 0 Å². The first-order valence-corrected chi connectivity index (χ1v) is 12.0. The van der Waals surface area contributed by atoms with Crippen LogP contribution in [0.25, 0.3) is 11.5 Å². The molecule has 2 aromatic carbocycles. The molecule has 0 aliphatic carbocycles. The van der Waals surface area contributed by atoms with Crippen LogP contribution in [0.3, 0.4) is 0 Å². The lowest BCUT2D eigenvalue weighted by molar-refractivity contribution is 0.0279. The molecule has 0 N–H and O–H groups in total. The van der Waals surface area contributed by atoms with Crippen molar-refractivity contribution in [2.24, 2.45) is 0 Å². The number of rotatable bonds is 6. The van der Waals surface area contributed by atoms with Gasteiger partial charge in [-0.25, -0.2) is 13.2 Å². The number of carbonyl (C=O) groups excluding carboxylic acids is 1. The number of ether oxygens (including phenoxy) is 1. The lowest BCUT2D eigenvalue weighted by Crippen LogP contribution is -2.35. The quantitative estimate of drug-likeness (QED) is 0.515. The Labute approximate surface area is 187 Å². The van der Waals surface area contributed by atoms with E-state index in [1.807, 2.05) is 31.2 Å². The van der Waals surface area contributed by atoms with E-state index in [9.17, 15) is 13.2 Å². The number of carbonyl (C=O) groups is 1. The summed E-state index contributed by atoms with van der Waals surface area (Å²) in [5.74, 6) is -0.0806. The number of hydrogen-bond acceptors (Lipinski definition) is 7. The average Bonchev–Trinajstić information content (AvgIpc) is 3.31. The Morgan fingerprint density at radius 3 is 2.31 bits per heavy atom. The van der Waals surface area contributed by atoms with Gasteiger partial charge in [0.15, 0.2) is 6.10 Å². The average molecular weight is 456 g/mol. The molecule has 1 aromatic heterocycles. The van der Waals surface area contributed by atoms with Gasteiger partial charge >= 0.3 is 5.97 Å². The summed E-state index contributed by atoms with van der Waals surface area (Å²) in [5.41, 5.74) is 2.14. The number of sulfonamides is 1. The summed E-state index contributed by atoms with van der Waals surface area (Å²) in [6, 6.07) is 13.4. The van der Waals surface area contributed by atoms with Crippen LogP contribution in [0.5, 0.6) is 0 Å². The number of piperidine rings is 1. The molecule has 1 fully saturated rings. The lowest BCUT2D eigenvalue weighted by Gasteiger charge is -2.25. The van der Waals surface area contributed by atoms with Crippen LogP contribution in [0.2, 0.25) is 0 Å². The molecule has 3 aromatic rings. The van der Waals surface area contributed by atoms with Crippen LogP contribution in [0, 0.1) is 6.92 Å². The molecule has 1 aliphatic rings. The molecule has 8 nitrogen and oxygen atoms in total. The van der Waals surface area contributed by atoms with E-state index >= 15 is 0 Å². The Morgan fingerprint density at radius 1 is 1.00 bits per heavy atom. The van der Waals surface area contributed by atoms with Crippen LogP contribution in [-0.4, -0.2) is 42.0 Å². The number of hydrogen-bond donors (Lipinski definition) is 0. The third kappa shape index (κ3) is 4.73. The summed E-state index contributed by atoms with van der Waals surface area (Å²) in [5, 5.41) is 8.00. The smallest absolute Gasteiger partial charge is 0.338 e. The van der Waals surface area contributed by atoms with Crippen LogP contribution in [-0.2, 0) is 14.8 Å². The van der Waals surface area contributed by atoms with Crippen molar-refractivity contribution in [3.05, 3.63) is 65.5 Å². The summed E-state index contributed by atoms with van der Waals surface area (Å²) >= 11 is 0. The number of aromatic nitrogens is 2. The molecule has 1 saturated heterocycles. The Bertz CT molecular complexity index is 1180. The van der Waals surface area contributed by atoms with Gasteiger partial charge in [0.2, 0.25) is 15.9 Å². The summed E-state index contributed by atoms with van der Waals surface area (Å²) in [6.45, 7) is 4.68. The van der Waals surface area contributed by atoms with Gasteiger partial charge in [-0.3, -0.25) is 0 Å². The van der Waals surface area contributed by atoms with Crippen molar-refractivity contribution in [2.75, 3.05) is 13.1 Å². The second-order valence-electron chi connectivity index (χ2n) is 7.85. The van der Waals surface area contributed by atoms with E-state index in [0.29, 0.717) is 19.0 Å². The van der Waals surface area contributed by atoms with Gasteiger partial charge in [-0.05, 0) is 63.1 Å². The molecule has 0 saturated carbocycles. The van der Waals surface area contributed by atoms with Crippen molar-refractivity contribution in [3.8, 4) is 11.5 Å². The minimum Gasteiger partial charge on any atom is -0.449 e. The Balaban J connectivity index is 1.42. The van der Waals surface area contributed by atoms with Gasteiger partial charge in [-0.15, -0.1) is 10.2 Å². The molecule has 1 aliphatic heterocycles. The van der Waals surface area contributed by atoms with Gasteiger partial charge in [0.05, 0.1) is 10.5 Å². The maximum absolute atomic E-state index is 12.8. The van der Waals surface area contributed by atoms with Gasteiger partial charge in [-0.2, -0.15) is 4.31 Å². The van der Waals surface area contributed by atoms with E-state index in [0.717, 1.165) is 30.4 Å². The highest BCUT2D eigenvalue weighted by atomic mass is 32.2. The first kappa shape index (κ1) is 22.2. The molecule has 9 heteroatoms. The number of esters is 1. The van der Waals surface area contributed by atoms with Gasteiger partial charge in [0, 0.05) is 18.7 Å². The third-order valence-corrected chi connectivity index (χ3v) is 7.33. The van der Waals surface area contributed by atoms with Crippen LogP contribution in [0.4, 0.5) is 0 Å². The standard InChI is InChI=1S/C23H25N3O5S/c1-16-6-8-18(9-7-16)22-25-24-21(31-22)17(2)30-23(27)19-10-12-20(13-11-19)32(28,29)26-14-4-3-5-15-26/h6-13,17H,3-5,14-15H2,1-2H3/t17-/m1/s1. The summed E-state index contributed by atoms with van der Waals surface area (Å²) in [4.78, 5) is 12.7. The molecule has 0 bridgehead atoms. The fraction of sp³-hybridized carbons (Fsp3) is 0.348. The van der Waals surface area contributed by atoms with Crippen LogP contribution < -0.4 is 0 Å². The van der Waals surface area contributed by atoms with Crippen molar-refractivity contribution in [1.82, 2.24) is 14.5 Å². The van der Waals surface area contributed by atoms with E-state index < -0.39 is 22.1 Å². The Morgan fingerprint density at radius 2 is 1.66 bits per heavy atom. The molecule has 4 rings (SSSR count). The Hall–Kier alpha value is -3.04. The number of nitrogens with zero attached hydrogens (tertiary/aromatic N) is 3. The first-order chi connectivity index (χ1) is 15.3. The number of benzene rings is 2. The lowest BCUT2D eigenvalue weighted by atomic mass is 10.1. The zero-order chi connectivity index (χ0) is 22.7. The van der Waals surface area contributed by atoms with Gasteiger partial charge in [-0.1, -0.05) is 24.1 Å². The fourth-order valence-corrected chi connectivity index (χ4v) is 5.03. The second kappa shape index (κ2) is 9.22. The molecule has 0 unspecified atom stereocenters. The molecule has 1 atom stereocenters. The van der Waals surface area contributed by atoms with Crippen molar-refractivity contribution in [3.63, 3.8) is 0 Å². The minimum absolute atomic E-state index is 0.170. The predicted octanol–water partition coefficient (Wildman–Crippen LogP) is 4.14. The zero-order valence-corrected chi connectivity index (χ0v) is 18.8. The SMILES string of the molecule is Cc1ccc(-c2nnc([C@@H](C)OC(=O)c3ccc(S(=O)(=O)N4CCCCC4)cc3)o2)cc1. The highest BCUT2D eigenvalue weighted by Gasteiger charge is 2.26. The molecule has 32 heavy (non-hydrogen) atoms. The van der Waals surface area contributed by atoms with E-state index in [4.69, 9.17) is 9.15 Å². The first-order valence-electron chi connectivity index (χ1n) is 10.6. The molecule has 2 heterocycles. The molecule has 0 radical (unpaired) electrons. The molecule has 168 valence electrons. The van der Waals surface area contributed by atoms with Crippen molar-refractivity contribution >= 4 is 16.0 Å². The summed E-state index contributed by atoms with van der Waals surface area (Å²) in [7, 11) is -3.55. The predicted molar refractivity (Wildman–Crippen MR) is 117 cm³/mol. The maximum Gasteiger partial charge on any atom is 0.338 e. The molecule has 0 spiro atoms. The second-order valence-corrected chi connectivity index (χ2v) is 9.79. The van der Waals surface area contributed by atoms with Crippen molar-refractivity contribution in [1.29, 1.82) is 0 Å². The van der Waals surface area contributed by atoms with Crippen molar-refractivity contribution in [2.45, 2.75) is 44.1 Å². The third-order valence-electron chi connectivity index (χ3n) is 5.41. The van der Waals surface area contributed by atoms with E-state index in [2.05, 4.69) is 10.2 Å². The number of aryl methyl sites for hydroxylation is 1. The van der Waals surface area contributed by atoms with Crippen molar-refractivity contribution < 1.29 is 22.4 Å². The fourth-order valence-electron chi connectivity index (χ4n) is 3.51. The normalized spacial score (nSPS) is 15.9. The minimum atomic E-state index is -3.55. The highest BCUT2D eigenvalue weighted by Crippen LogP contribution is 2.24. The maximum atomic E-state index is 12.8. The van der Waals surface area contributed by atoms with Crippen LogP contribution in [0.15, 0.2) is 57.8 Å². The van der Waals surface area contributed by atoms with Gasteiger partial charge < -0.3 is 9.15 Å². The van der Waals surface area contributed by atoms with E-state index in [1.165, 1.54) is 28.6 Å². The Kier molecular flexibility index (Phi) is 6.38. The summed E-state index contributed by atoms with van der Waals surface area (Å²) in [6.07, 6.45) is 2.01. The summed E-state index contributed by atoms with van der Waals surface area (Å²) < 4.78 is 38.1. The van der Waals surface area contributed by atoms with Crippen LogP contribution in [0.1, 0.15) is 54.1 Å². The largest absolute Gasteiger partial charge is 0.449 e.